The molecule has 0 spiro atoms. The van der Waals surface area contributed by atoms with Crippen molar-refractivity contribution in [2.75, 3.05) is 0 Å². The fourth-order valence-corrected chi connectivity index (χ4v) is 1.09. The molecule has 0 aliphatic carbocycles. The summed E-state index contributed by atoms with van der Waals surface area (Å²) in [7, 11) is 0. The van der Waals surface area contributed by atoms with Crippen molar-refractivity contribution >= 4 is 18.4 Å². The van der Waals surface area contributed by atoms with Crippen molar-refractivity contribution in [3.63, 3.8) is 0 Å². The van der Waals surface area contributed by atoms with Crippen LogP contribution in [-0.4, -0.2) is 17.1 Å². The fourth-order valence-electron chi connectivity index (χ4n) is 1.09. The van der Waals surface area contributed by atoms with E-state index in [1.807, 2.05) is 0 Å². The molecule has 0 bridgehead atoms. The minimum atomic E-state index is -0.884. The first-order chi connectivity index (χ1) is 5.68. The predicted molar refractivity (Wildman–Crippen MR) is 56.2 cm³/mol. The third-order valence-electron chi connectivity index (χ3n) is 1.94. The average Bonchev–Trinajstić information content (AvgIpc) is 2.03. The van der Waals surface area contributed by atoms with E-state index in [1.165, 1.54) is 19.3 Å². The number of hydrogen-bond donors (Lipinski definition) is 2. The highest BCUT2D eigenvalue weighted by Crippen LogP contribution is 2.06. The van der Waals surface area contributed by atoms with Crippen LogP contribution >= 0.6 is 12.4 Å². The van der Waals surface area contributed by atoms with Crippen LogP contribution in [-0.2, 0) is 4.79 Å². The van der Waals surface area contributed by atoms with E-state index < -0.39 is 12.0 Å². The molecule has 0 unspecified atom stereocenters. The zero-order chi connectivity index (χ0) is 9.40. The maximum absolute atomic E-state index is 10.3. The first kappa shape index (κ1) is 15.2. The van der Waals surface area contributed by atoms with Gasteiger partial charge in [-0.05, 0) is 6.42 Å². The largest absolute Gasteiger partial charge is 0.480 e. The van der Waals surface area contributed by atoms with Gasteiger partial charge in [-0.25, -0.2) is 0 Å². The summed E-state index contributed by atoms with van der Waals surface area (Å²) >= 11 is 0. The Bertz CT molecular complexity index is 131. The Balaban J connectivity index is 0. The Morgan fingerprint density at radius 1 is 1.31 bits per heavy atom. The van der Waals surface area contributed by atoms with Crippen LogP contribution in [0.2, 0.25) is 0 Å². The van der Waals surface area contributed by atoms with E-state index in [0.29, 0.717) is 6.42 Å². The Hall–Kier alpha value is -0.280. The van der Waals surface area contributed by atoms with Gasteiger partial charge in [0, 0.05) is 0 Å². The molecule has 0 aromatic carbocycles. The maximum Gasteiger partial charge on any atom is 0.320 e. The fraction of sp³-hybridized carbons (Fsp3) is 0.889. The molecule has 13 heavy (non-hydrogen) atoms. The number of carbonyl (C=O) groups is 1. The normalized spacial score (nSPS) is 11.8. The SMILES string of the molecule is CCCCCCC[C@H](N)C(=O)O.Cl. The second-order valence-electron chi connectivity index (χ2n) is 3.15. The van der Waals surface area contributed by atoms with Gasteiger partial charge in [-0.3, -0.25) is 4.79 Å². The molecule has 3 N–H and O–H groups in total. The van der Waals surface area contributed by atoms with Crippen LogP contribution in [0.1, 0.15) is 45.4 Å². The first-order valence-corrected chi connectivity index (χ1v) is 4.67. The molecule has 0 rings (SSSR count). The third-order valence-corrected chi connectivity index (χ3v) is 1.94. The molecule has 0 saturated heterocycles. The van der Waals surface area contributed by atoms with Gasteiger partial charge in [0.1, 0.15) is 6.04 Å². The zero-order valence-electron chi connectivity index (χ0n) is 8.16. The lowest BCUT2D eigenvalue weighted by Gasteiger charge is -2.04. The van der Waals surface area contributed by atoms with Crippen LogP contribution < -0.4 is 5.73 Å². The third kappa shape index (κ3) is 9.64. The van der Waals surface area contributed by atoms with Crippen molar-refractivity contribution in [3.05, 3.63) is 0 Å². The number of carboxylic acids is 1. The van der Waals surface area contributed by atoms with E-state index in [2.05, 4.69) is 6.92 Å². The van der Waals surface area contributed by atoms with Crippen LogP contribution in [0.3, 0.4) is 0 Å². The van der Waals surface area contributed by atoms with Crippen molar-refractivity contribution in [1.82, 2.24) is 0 Å². The summed E-state index contributed by atoms with van der Waals surface area (Å²) < 4.78 is 0. The second-order valence-corrected chi connectivity index (χ2v) is 3.15. The molecule has 1 atom stereocenters. The van der Waals surface area contributed by atoms with Crippen molar-refractivity contribution in [2.24, 2.45) is 5.73 Å². The molecule has 0 amide bonds. The van der Waals surface area contributed by atoms with Crippen LogP contribution in [0.25, 0.3) is 0 Å². The molecular weight excluding hydrogens is 190 g/mol. The maximum atomic E-state index is 10.3. The van der Waals surface area contributed by atoms with Gasteiger partial charge in [-0.1, -0.05) is 39.0 Å². The van der Waals surface area contributed by atoms with E-state index in [-0.39, 0.29) is 12.4 Å². The number of unbranched alkanes of at least 4 members (excludes halogenated alkanes) is 4. The molecule has 0 fully saturated rings. The molecule has 80 valence electrons. The van der Waals surface area contributed by atoms with E-state index in [9.17, 15) is 4.79 Å². The standard InChI is InChI=1S/C9H19NO2.ClH/c1-2-3-4-5-6-7-8(10)9(11)12;/h8H,2-7,10H2,1H3,(H,11,12);1H/t8-;/m0./s1. The highest BCUT2D eigenvalue weighted by Gasteiger charge is 2.09. The number of aliphatic carboxylic acids is 1. The average molecular weight is 210 g/mol. The lowest BCUT2D eigenvalue weighted by atomic mass is 10.1. The quantitative estimate of drug-likeness (QED) is 0.632. The second kappa shape index (κ2) is 9.81. The van der Waals surface area contributed by atoms with Gasteiger partial charge in [0.05, 0.1) is 0 Å². The Labute approximate surface area is 86.1 Å². The molecule has 0 saturated carbocycles. The van der Waals surface area contributed by atoms with Crippen molar-refractivity contribution in [1.29, 1.82) is 0 Å². The van der Waals surface area contributed by atoms with Gasteiger partial charge in [0.2, 0.25) is 0 Å². The number of halogens is 1. The lowest BCUT2D eigenvalue weighted by molar-refractivity contribution is -0.138. The van der Waals surface area contributed by atoms with Crippen molar-refractivity contribution in [3.8, 4) is 0 Å². The monoisotopic (exact) mass is 209 g/mol. The van der Waals surface area contributed by atoms with Crippen LogP contribution in [0.5, 0.6) is 0 Å². The van der Waals surface area contributed by atoms with Gasteiger partial charge >= 0.3 is 5.97 Å². The summed E-state index contributed by atoms with van der Waals surface area (Å²) in [5.74, 6) is -0.884. The van der Waals surface area contributed by atoms with Crippen molar-refractivity contribution in [2.45, 2.75) is 51.5 Å². The molecule has 0 aliphatic heterocycles. The zero-order valence-corrected chi connectivity index (χ0v) is 8.98. The van der Waals surface area contributed by atoms with Crippen LogP contribution in [0.15, 0.2) is 0 Å². The highest BCUT2D eigenvalue weighted by atomic mass is 35.5. The predicted octanol–water partition coefficient (Wildman–Crippen LogP) is 2.18. The molecule has 3 nitrogen and oxygen atoms in total. The van der Waals surface area contributed by atoms with Gasteiger partial charge < -0.3 is 10.8 Å². The number of carboxylic acid groups (broad SMARTS) is 1. The molecule has 0 aromatic heterocycles. The van der Waals surface area contributed by atoms with E-state index in [0.717, 1.165) is 12.8 Å². The molecule has 0 heterocycles. The lowest BCUT2D eigenvalue weighted by Crippen LogP contribution is -2.29. The van der Waals surface area contributed by atoms with Crippen LogP contribution in [0, 0.1) is 0 Å². The summed E-state index contributed by atoms with van der Waals surface area (Å²) in [4.78, 5) is 10.3. The van der Waals surface area contributed by atoms with Crippen LogP contribution in [0.4, 0.5) is 0 Å². The van der Waals surface area contributed by atoms with Gasteiger partial charge in [0.15, 0.2) is 0 Å². The summed E-state index contributed by atoms with van der Waals surface area (Å²) in [6.07, 6.45) is 6.30. The minimum absolute atomic E-state index is 0. The smallest absolute Gasteiger partial charge is 0.320 e. The van der Waals surface area contributed by atoms with E-state index in [1.54, 1.807) is 0 Å². The number of hydrogen-bond acceptors (Lipinski definition) is 2. The topological polar surface area (TPSA) is 63.3 Å². The molecular formula is C9H20ClNO2. The summed E-state index contributed by atoms with van der Waals surface area (Å²) in [6, 6.07) is -0.661. The van der Waals surface area contributed by atoms with Crippen molar-refractivity contribution < 1.29 is 9.90 Å². The van der Waals surface area contributed by atoms with Gasteiger partial charge in [-0.15, -0.1) is 12.4 Å². The number of nitrogens with two attached hydrogens (primary N) is 1. The molecule has 0 aliphatic rings. The molecule has 0 radical (unpaired) electrons. The number of rotatable bonds is 7. The van der Waals surface area contributed by atoms with Gasteiger partial charge in [-0.2, -0.15) is 0 Å². The highest BCUT2D eigenvalue weighted by molar-refractivity contribution is 5.85. The molecule has 4 heteroatoms. The molecule has 0 aromatic rings. The Morgan fingerprint density at radius 2 is 1.85 bits per heavy atom. The van der Waals surface area contributed by atoms with E-state index in [4.69, 9.17) is 10.8 Å². The van der Waals surface area contributed by atoms with Gasteiger partial charge in [0.25, 0.3) is 0 Å². The Morgan fingerprint density at radius 3 is 2.31 bits per heavy atom. The van der Waals surface area contributed by atoms with E-state index >= 15 is 0 Å². The Kier molecular flexibility index (Phi) is 11.5. The summed E-state index contributed by atoms with van der Waals surface area (Å²) in [5.41, 5.74) is 5.33. The minimum Gasteiger partial charge on any atom is -0.480 e. The summed E-state index contributed by atoms with van der Waals surface area (Å²) in [5, 5.41) is 8.46. The first-order valence-electron chi connectivity index (χ1n) is 4.67. The summed E-state index contributed by atoms with van der Waals surface area (Å²) in [6.45, 7) is 2.16.